The van der Waals surface area contributed by atoms with E-state index >= 15 is 0 Å². The molecule has 0 saturated carbocycles. The van der Waals surface area contributed by atoms with Crippen molar-refractivity contribution < 1.29 is 23.1 Å². The van der Waals surface area contributed by atoms with Crippen molar-refractivity contribution in [2.24, 2.45) is 5.41 Å². The van der Waals surface area contributed by atoms with Crippen LogP contribution in [-0.4, -0.2) is 81.8 Å². The lowest BCUT2D eigenvalue weighted by molar-refractivity contribution is 0.0256. The summed E-state index contributed by atoms with van der Waals surface area (Å²) in [6.45, 7) is 4.32. The molecule has 4 rings (SSSR count). The van der Waals surface area contributed by atoms with E-state index in [1.54, 1.807) is 23.1 Å². The first kappa shape index (κ1) is 25.4. The molecule has 1 fully saturated rings. The van der Waals surface area contributed by atoms with Crippen LogP contribution in [0.1, 0.15) is 18.4 Å². The number of hydrogen-bond acceptors (Lipinski definition) is 6. The Morgan fingerprint density at radius 1 is 1.14 bits per heavy atom. The van der Waals surface area contributed by atoms with Crippen LogP contribution in [0.5, 0.6) is 5.75 Å². The number of likely N-dealkylation sites (N-methyl/N-ethyl adjacent to an activating group) is 1. The molecule has 0 aromatic heterocycles. The first-order chi connectivity index (χ1) is 16.7. The summed E-state index contributed by atoms with van der Waals surface area (Å²) in [5.74, 6) is 0.289. The largest absolute Gasteiger partial charge is 0.492 e. The Hall–Kier alpha value is -2.66. The molecule has 35 heavy (non-hydrogen) atoms. The minimum Gasteiger partial charge on any atom is -0.492 e. The lowest BCUT2D eigenvalue weighted by Gasteiger charge is -2.43. The number of rotatable bonds is 1. The zero-order chi connectivity index (χ0) is 25.1. The molecule has 0 radical (unpaired) electrons. The first-order valence-electron chi connectivity index (χ1n) is 11.9. The number of carbonyl (C=O) groups excluding carboxylic acids is 1. The van der Waals surface area contributed by atoms with Crippen LogP contribution in [0.25, 0.3) is 0 Å². The zero-order valence-corrected chi connectivity index (χ0v) is 21.1. The number of urea groups is 1. The summed E-state index contributed by atoms with van der Waals surface area (Å²) in [4.78, 5) is 16.7. The number of sulfonamides is 1. The number of aliphatic hydroxyl groups is 1. The topological polar surface area (TPSA) is 111 Å². The van der Waals surface area contributed by atoms with Crippen molar-refractivity contribution in [1.29, 1.82) is 0 Å². The smallest absolute Gasteiger partial charge is 0.321 e. The van der Waals surface area contributed by atoms with Crippen molar-refractivity contribution in [3.8, 4) is 5.75 Å². The number of piperidine rings is 1. The van der Waals surface area contributed by atoms with Crippen LogP contribution in [0.3, 0.4) is 0 Å². The summed E-state index contributed by atoms with van der Waals surface area (Å²) in [6, 6.07) is 14.1. The van der Waals surface area contributed by atoms with Crippen molar-refractivity contribution in [1.82, 2.24) is 14.5 Å². The Morgan fingerprint density at radius 2 is 1.83 bits per heavy atom. The van der Waals surface area contributed by atoms with Crippen molar-refractivity contribution in [3.63, 3.8) is 0 Å². The van der Waals surface area contributed by atoms with Crippen LogP contribution < -0.4 is 14.8 Å². The van der Waals surface area contributed by atoms with E-state index < -0.39 is 16.1 Å². The monoisotopic (exact) mass is 502 g/mol. The van der Waals surface area contributed by atoms with E-state index in [2.05, 4.69) is 10.0 Å². The van der Waals surface area contributed by atoms with Gasteiger partial charge in [0.05, 0.1) is 12.7 Å². The van der Waals surface area contributed by atoms with E-state index in [-0.39, 0.29) is 28.6 Å². The number of anilines is 1. The Labute approximate surface area is 207 Å². The van der Waals surface area contributed by atoms with Gasteiger partial charge in [-0.3, -0.25) is 0 Å². The van der Waals surface area contributed by atoms with Gasteiger partial charge in [0.15, 0.2) is 0 Å². The molecule has 1 unspecified atom stereocenters. The fourth-order valence-corrected chi connectivity index (χ4v) is 5.96. The van der Waals surface area contributed by atoms with Crippen molar-refractivity contribution >= 4 is 21.7 Å². The average molecular weight is 503 g/mol. The second-order valence-corrected chi connectivity index (χ2v) is 11.5. The Morgan fingerprint density at radius 3 is 2.54 bits per heavy atom. The van der Waals surface area contributed by atoms with E-state index in [9.17, 15) is 18.3 Å². The number of aryl methyl sites for hydroxylation is 1. The van der Waals surface area contributed by atoms with Gasteiger partial charge < -0.3 is 25.0 Å². The second-order valence-electron chi connectivity index (χ2n) is 9.72. The lowest BCUT2D eigenvalue weighted by atomic mass is 9.78. The highest BCUT2D eigenvalue weighted by molar-refractivity contribution is 7.89. The minimum atomic E-state index is -3.83. The number of benzene rings is 2. The minimum absolute atomic E-state index is 0.0613. The van der Waals surface area contributed by atoms with Gasteiger partial charge in [0.25, 0.3) is 0 Å². The quantitative estimate of drug-likeness (QED) is 0.552. The molecule has 2 heterocycles. The number of amides is 2. The van der Waals surface area contributed by atoms with Crippen molar-refractivity contribution in [2.45, 2.75) is 30.8 Å². The summed E-state index contributed by atoms with van der Waals surface area (Å²) in [5.41, 5.74) is 1.60. The van der Waals surface area contributed by atoms with Gasteiger partial charge in [-0.1, -0.05) is 29.8 Å². The average Bonchev–Trinajstić information content (AvgIpc) is 2.83. The molecule has 1 atom stereocenters. The summed E-state index contributed by atoms with van der Waals surface area (Å²) in [6.07, 6.45) is 0.545. The van der Waals surface area contributed by atoms with Gasteiger partial charge in [-0.05, 0) is 51.1 Å². The molecular weight excluding hydrogens is 468 g/mol. The Kier molecular flexibility index (Phi) is 7.65. The summed E-state index contributed by atoms with van der Waals surface area (Å²) in [7, 11) is -1.92. The number of ether oxygens (including phenoxy) is 1. The van der Waals surface area contributed by atoms with Crippen molar-refractivity contribution in [2.75, 3.05) is 51.7 Å². The number of aliphatic hydroxyl groups excluding tert-OH is 1. The van der Waals surface area contributed by atoms with E-state index in [4.69, 9.17) is 4.74 Å². The van der Waals surface area contributed by atoms with E-state index in [1.807, 2.05) is 43.1 Å². The standard InChI is InChI=1S/C25H34N4O5S/c1-19-7-9-20(10-8-19)27-24(31)29-13-11-25(12-14-29)17-28(2)16-21(30)15-26-35(32,33)23-6-4-3-5-22(23)34-18-25/h3-10,21,26,30H,11-18H2,1-2H3,(H,27,31). The van der Waals surface area contributed by atoms with Crippen LogP contribution in [0.15, 0.2) is 53.4 Å². The van der Waals surface area contributed by atoms with Gasteiger partial charge in [-0.2, -0.15) is 0 Å². The molecule has 2 aromatic rings. The lowest BCUT2D eigenvalue weighted by Crippen LogP contribution is -2.52. The Balaban J connectivity index is 1.50. The van der Waals surface area contributed by atoms with Crippen molar-refractivity contribution in [3.05, 3.63) is 54.1 Å². The maximum atomic E-state index is 12.8. The molecular formula is C25H34N4O5S. The second kappa shape index (κ2) is 10.5. The third kappa shape index (κ3) is 6.32. The molecule has 1 spiro atoms. The molecule has 0 bridgehead atoms. The normalized spacial score (nSPS) is 22.8. The van der Waals surface area contributed by atoms with E-state index in [1.165, 1.54) is 6.07 Å². The maximum absolute atomic E-state index is 12.8. The summed E-state index contributed by atoms with van der Waals surface area (Å²) in [5, 5.41) is 13.4. The number of β-amino-alcohol motifs (C(OH)–C–C–N with tert-alkyl or cyclic N) is 1. The van der Waals surface area contributed by atoms with Crippen LogP contribution in [0.2, 0.25) is 0 Å². The number of fused-ring (bicyclic) bond motifs is 1. The third-order valence-corrected chi connectivity index (χ3v) is 8.19. The zero-order valence-electron chi connectivity index (χ0n) is 20.2. The molecule has 9 nitrogen and oxygen atoms in total. The van der Waals surface area contributed by atoms with Crippen LogP contribution in [-0.2, 0) is 10.0 Å². The van der Waals surface area contributed by atoms with Gasteiger partial charge in [-0.25, -0.2) is 17.9 Å². The van der Waals surface area contributed by atoms with Gasteiger partial charge in [0.2, 0.25) is 10.0 Å². The predicted molar refractivity (Wildman–Crippen MR) is 134 cm³/mol. The number of hydrogen-bond donors (Lipinski definition) is 3. The number of para-hydroxylation sites is 1. The number of nitrogens with zero attached hydrogens (tertiary/aromatic N) is 2. The molecule has 2 amide bonds. The first-order valence-corrected chi connectivity index (χ1v) is 13.3. The highest BCUT2D eigenvalue weighted by Crippen LogP contribution is 2.35. The van der Waals surface area contributed by atoms with Gasteiger partial charge in [-0.15, -0.1) is 0 Å². The molecule has 2 aliphatic heterocycles. The molecule has 190 valence electrons. The SMILES string of the molecule is Cc1ccc(NC(=O)N2CCC3(CC2)COc2ccccc2S(=O)(=O)NCC(O)CN(C)C3)cc1. The number of carbonyl (C=O) groups is 1. The Bertz CT molecular complexity index is 1130. The fourth-order valence-electron chi connectivity index (χ4n) is 4.74. The number of nitrogens with one attached hydrogen (secondary N) is 2. The van der Waals surface area contributed by atoms with Crippen LogP contribution in [0.4, 0.5) is 10.5 Å². The summed E-state index contributed by atoms with van der Waals surface area (Å²) < 4.78 is 34.3. The summed E-state index contributed by atoms with van der Waals surface area (Å²) >= 11 is 0. The van der Waals surface area contributed by atoms with Crippen LogP contribution in [0, 0.1) is 12.3 Å². The van der Waals surface area contributed by atoms with Gasteiger partial charge >= 0.3 is 6.03 Å². The van der Waals surface area contributed by atoms with Gasteiger partial charge in [0.1, 0.15) is 10.6 Å². The molecule has 2 aromatic carbocycles. The highest BCUT2D eigenvalue weighted by atomic mass is 32.2. The third-order valence-electron chi connectivity index (χ3n) is 6.72. The van der Waals surface area contributed by atoms with E-state index in [0.29, 0.717) is 45.6 Å². The van der Waals surface area contributed by atoms with E-state index in [0.717, 1.165) is 11.3 Å². The van der Waals surface area contributed by atoms with Crippen LogP contribution >= 0.6 is 0 Å². The molecule has 2 aliphatic rings. The fraction of sp³-hybridized carbons (Fsp3) is 0.480. The molecule has 0 aliphatic carbocycles. The van der Waals surface area contributed by atoms with Gasteiger partial charge in [0, 0.05) is 43.8 Å². The molecule has 3 N–H and O–H groups in total. The highest BCUT2D eigenvalue weighted by Gasteiger charge is 2.39. The molecule has 10 heteroatoms. The number of likely N-dealkylation sites (tertiary alicyclic amines) is 1. The predicted octanol–water partition coefficient (Wildman–Crippen LogP) is 2.27. The molecule has 1 saturated heterocycles. The maximum Gasteiger partial charge on any atom is 0.321 e.